The van der Waals surface area contributed by atoms with Crippen LogP contribution in [0.25, 0.3) is 0 Å². The number of rotatable bonds is 0. The van der Waals surface area contributed by atoms with Gasteiger partial charge in [0.25, 0.3) is 0 Å². The van der Waals surface area contributed by atoms with E-state index in [0.29, 0.717) is 0 Å². The average Bonchev–Trinajstić information content (AvgIpc) is 0. The summed E-state index contributed by atoms with van der Waals surface area (Å²) in [5.41, 5.74) is 0. The van der Waals surface area contributed by atoms with Crippen LogP contribution in [0.1, 0.15) is 0 Å². The molecule has 8 radical (unpaired) electrons. The summed E-state index contributed by atoms with van der Waals surface area (Å²) >= 11 is 0. The Kier molecular flexibility index (Phi) is 6260. The Morgan fingerprint density at radius 1 is 0.500 bits per heavy atom. The minimum atomic E-state index is 0. The molecule has 38 valence electrons. The van der Waals surface area contributed by atoms with E-state index >= 15 is 0 Å². The Bertz CT molecular complexity index is 8.75. The van der Waals surface area contributed by atoms with Crippen molar-refractivity contribution in [2.24, 2.45) is 0 Å². The molecular weight excluding hydrogens is 200 g/mol. The minimum Gasteiger partial charge on any atom is -2.00 e. The van der Waals surface area contributed by atoms with Crippen LogP contribution in [0.2, 0.25) is 0 Å². The van der Waals surface area contributed by atoms with Gasteiger partial charge in [0.05, 0.1) is 0 Å². The van der Waals surface area contributed by atoms with Crippen molar-refractivity contribution in [3.8, 4) is 0 Å². The second-order valence-electron chi connectivity index (χ2n) is 0. The fraction of sp³-hybridized carbons (Fsp3) is 0. The van der Waals surface area contributed by atoms with Gasteiger partial charge in [0.2, 0.25) is 0 Å². The molecule has 0 heterocycles. The zero-order valence-corrected chi connectivity index (χ0v) is 6.64. The Morgan fingerprint density at radius 2 is 0.500 bits per heavy atom. The number of hydrogen-bond acceptors (Lipinski definition) is 0. The van der Waals surface area contributed by atoms with Gasteiger partial charge in [0.1, 0.15) is 0 Å². The van der Waals surface area contributed by atoms with E-state index in [0.717, 1.165) is 0 Å². The van der Waals surface area contributed by atoms with E-state index in [1.807, 2.05) is 0 Å². The smallest absolute Gasteiger partial charge is 0 e. The molecule has 0 spiro atoms. The normalized spacial score (nSPS) is 0. The number of hydrogen-bond donors (Lipinski definition) is 0. The van der Waals surface area contributed by atoms with Gasteiger partial charge in [0.15, 0.2) is 0 Å². The SMILES string of the molecule is [Mo].[O-2].[O-2].[O-2].[Si].[Si]. The molecule has 0 saturated carbocycles. The third-order valence-corrected chi connectivity index (χ3v) is 0. The minimum absolute atomic E-state index is 0. The van der Waals surface area contributed by atoms with Gasteiger partial charge >= 0.3 is 0 Å². The molecule has 0 aliphatic carbocycles. The van der Waals surface area contributed by atoms with Crippen molar-refractivity contribution in [1.29, 1.82) is 0 Å². The van der Waals surface area contributed by atoms with Crippen molar-refractivity contribution in [3.05, 3.63) is 0 Å². The third-order valence-electron chi connectivity index (χ3n) is 0. The van der Waals surface area contributed by atoms with Crippen molar-refractivity contribution < 1.29 is 37.5 Å². The van der Waals surface area contributed by atoms with Crippen LogP contribution in [0.5, 0.6) is 0 Å². The van der Waals surface area contributed by atoms with Crippen LogP contribution in [0.3, 0.4) is 0 Å². The van der Waals surface area contributed by atoms with Gasteiger partial charge in [-0.05, 0) is 0 Å². The topological polar surface area (TPSA) is 85.5 Å². The summed E-state index contributed by atoms with van der Waals surface area (Å²) in [6.45, 7) is 0. The van der Waals surface area contributed by atoms with E-state index in [2.05, 4.69) is 0 Å². The first-order chi connectivity index (χ1) is 0. The predicted molar refractivity (Wildman–Crippen MR) is 13.6 cm³/mol. The van der Waals surface area contributed by atoms with Crippen LogP contribution >= 0.6 is 0 Å². The quantitative estimate of drug-likeness (QED) is 0.443. The molecule has 0 bridgehead atoms. The largest absolute Gasteiger partial charge is 2.00 e. The van der Waals surface area contributed by atoms with Crippen LogP contribution in [-0.4, -0.2) is 21.9 Å². The van der Waals surface area contributed by atoms with Crippen LogP contribution in [0.15, 0.2) is 0 Å². The predicted octanol–water partition coefficient (Wildman–Crippen LogP) is -1.12. The van der Waals surface area contributed by atoms with E-state index in [-0.39, 0.29) is 59.4 Å². The van der Waals surface area contributed by atoms with E-state index < -0.39 is 0 Å². The molecule has 0 aliphatic rings. The van der Waals surface area contributed by atoms with Gasteiger partial charge < -0.3 is 16.4 Å². The maximum absolute atomic E-state index is 0. The van der Waals surface area contributed by atoms with Gasteiger partial charge in [-0.1, -0.05) is 0 Å². The van der Waals surface area contributed by atoms with Crippen LogP contribution in [0.4, 0.5) is 0 Å². The maximum atomic E-state index is 0. The molecule has 0 aromatic heterocycles. The molecule has 0 aromatic rings. The standard InChI is InChI=1S/Mo.3O.2Si/q;3*-2;;. The average molecular weight is 200 g/mol. The summed E-state index contributed by atoms with van der Waals surface area (Å²) in [4.78, 5) is 0. The van der Waals surface area contributed by atoms with Crippen molar-refractivity contribution in [3.63, 3.8) is 0 Å². The van der Waals surface area contributed by atoms with Gasteiger partial charge in [-0.3, -0.25) is 0 Å². The fourth-order valence-corrected chi connectivity index (χ4v) is 0. The molecule has 0 N–H and O–H groups in total. The molecule has 0 fully saturated rings. The van der Waals surface area contributed by atoms with Crippen molar-refractivity contribution in [1.82, 2.24) is 0 Å². The van der Waals surface area contributed by atoms with Crippen molar-refractivity contribution in [2.75, 3.05) is 0 Å². The fourth-order valence-electron chi connectivity index (χ4n) is 0. The first-order valence-electron chi connectivity index (χ1n) is 0. The molecule has 0 aliphatic heterocycles. The Hall–Kier alpha value is 1.00. The van der Waals surface area contributed by atoms with E-state index in [4.69, 9.17) is 0 Å². The Labute approximate surface area is 59.7 Å². The second kappa shape index (κ2) is 150. The van der Waals surface area contributed by atoms with E-state index in [9.17, 15) is 0 Å². The zero-order chi connectivity index (χ0) is 0. The van der Waals surface area contributed by atoms with Gasteiger partial charge in [-0.25, -0.2) is 0 Å². The summed E-state index contributed by atoms with van der Waals surface area (Å²) in [6, 6.07) is 0. The van der Waals surface area contributed by atoms with Crippen molar-refractivity contribution in [2.45, 2.75) is 0 Å². The van der Waals surface area contributed by atoms with Gasteiger partial charge in [-0.15, -0.1) is 0 Å². The molecule has 0 unspecified atom stereocenters. The summed E-state index contributed by atoms with van der Waals surface area (Å²) in [6.07, 6.45) is 0. The molecule has 3 nitrogen and oxygen atoms in total. The zero-order valence-electron chi connectivity index (χ0n) is 2.63. The van der Waals surface area contributed by atoms with Gasteiger partial charge in [0, 0.05) is 43.0 Å². The molecule has 6 heteroatoms. The second-order valence-corrected chi connectivity index (χ2v) is 0. The third kappa shape index (κ3) is 79.8. The Morgan fingerprint density at radius 3 is 0.500 bits per heavy atom. The van der Waals surface area contributed by atoms with Gasteiger partial charge in [-0.2, -0.15) is 0 Å². The first-order valence-corrected chi connectivity index (χ1v) is 0. The van der Waals surface area contributed by atoms with Crippen LogP contribution < -0.4 is 0 Å². The van der Waals surface area contributed by atoms with Crippen molar-refractivity contribution >= 4 is 21.9 Å². The molecular formula is MoO3Si2-6. The molecule has 0 atom stereocenters. The first kappa shape index (κ1) is 251. The Balaban J connectivity index is 0. The van der Waals surface area contributed by atoms with E-state index in [1.54, 1.807) is 0 Å². The van der Waals surface area contributed by atoms with Crippen LogP contribution in [0, 0.1) is 0 Å². The summed E-state index contributed by atoms with van der Waals surface area (Å²) in [5.74, 6) is 0. The monoisotopic (exact) mass is 202 g/mol. The maximum Gasteiger partial charge on any atom is 0 e. The summed E-state index contributed by atoms with van der Waals surface area (Å²) in [5, 5.41) is 0. The van der Waals surface area contributed by atoms with E-state index in [1.165, 1.54) is 0 Å². The molecule has 0 aromatic carbocycles. The molecule has 0 saturated heterocycles. The summed E-state index contributed by atoms with van der Waals surface area (Å²) < 4.78 is 0. The molecule has 0 rings (SSSR count). The molecule has 0 amide bonds. The van der Waals surface area contributed by atoms with Crippen LogP contribution in [-0.2, 0) is 37.5 Å². The molecule has 6 heavy (non-hydrogen) atoms. The summed E-state index contributed by atoms with van der Waals surface area (Å²) in [7, 11) is 0.